The van der Waals surface area contributed by atoms with Crippen LogP contribution < -0.4 is 5.32 Å². The van der Waals surface area contributed by atoms with E-state index in [-0.39, 0.29) is 11.8 Å². The fraction of sp³-hybridized carbons (Fsp3) is 0.750. The average molecular weight is 372 g/mol. The van der Waals surface area contributed by atoms with Gasteiger partial charge in [0.1, 0.15) is 5.41 Å². The summed E-state index contributed by atoms with van der Waals surface area (Å²) >= 11 is 0. The van der Waals surface area contributed by atoms with Gasteiger partial charge >= 0.3 is 0 Å². The molecule has 150 valence electrons. The van der Waals surface area contributed by atoms with E-state index in [1.807, 2.05) is 0 Å². The van der Waals surface area contributed by atoms with Gasteiger partial charge in [0.15, 0.2) is 0 Å². The third kappa shape index (κ3) is 4.38. The SMILES string of the molecule is CCCCCCCCC1=C(C2=CCCCCC2)CCCCC12C(=O)NC2=O. The Morgan fingerprint density at radius 2 is 1.63 bits per heavy atom. The quantitative estimate of drug-likeness (QED) is 0.316. The van der Waals surface area contributed by atoms with Gasteiger partial charge in [0, 0.05) is 0 Å². The Morgan fingerprint density at radius 3 is 2.41 bits per heavy atom. The molecule has 0 aromatic heterocycles. The van der Waals surface area contributed by atoms with Crippen LogP contribution in [0.3, 0.4) is 0 Å². The smallest absolute Gasteiger partial charge is 0.246 e. The highest BCUT2D eigenvalue weighted by Crippen LogP contribution is 2.48. The zero-order valence-electron chi connectivity index (χ0n) is 17.2. The minimum Gasteiger partial charge on any atom is -0.294 e. The second-order valence-corrected chi connectivity index (χ2v) is 8.70. The van der Waals surface area contributed by atoms with Gasteiger partial charge in [0.05, 0.1) is 0 Å². The number of rotatable bonds is 8. The van der Waals surface area contributed by atoms with Gasteiger partial charge < -0.3 is 0 Å². The van der Waals surface area contributed by atoms with E-state index in [2.05, 4.69) is 18.3 Å². The first-order valence-corrected chi connectivity index (χ1v) is 11.5. The molecule has 0 aromatic carbocycles. The molecule has 0 atom stereocenters. The van der Waals surface area contributed by atoms with Crippen LogP contribution in [0.2, 0.25) is 0 Å². The molecule has 0 unspecified atom stereocenters. The zero-order chi connectivity index (χ0) is 19.1. The van der Waals surface area contributed by atoms with E-state index < -0.39 is 5.41 Å². The number of β-lactam (4-membered cyclic amide) rings is 2. The maximum Gasteiger partial charge on any atom is 0.246 e. The first-order chi connectivity index (χ1) is 13.2. The van der Waals surface area contributed by atoms with E-state index in [0.29, 0.717) is 0 Å². The lowest BCUT2D eigenvalue weighted by atomic mass is 9.67. The molecule has 1 heterocycles. The van der Waals surface area contributed by atoms with Crippen molar-refractivity contribution in [1.29, 1.82) is 0 Å². The van der Waals surface area contributed by atoms with Crippen LogP contribution in [0.5, 0.6) is 0 Å². The normalized spacial score (nSPS) is 22.8. The molecule has 0 radical (unpaired) electrons. The summed E-state index contributed by atoms with van der Waals surface area (Å²) in [6.07, 6.45) is 20.8. The number of hydrogen-bond donors (Lipinski definition) is 1. The van der Waals surface area contributed by atoms with Gasteiger partial charge in [0.25, 0.3) is 0 Å². The number of amides is 2. The van der Waals surface area contributed by atoms with Crippen molar-refractivity contribution in [2.45, 2.75) is 110 Å². The molecule has 1 saturated heterocycles. The molecule has 3 heteroatoms. The fourth-order valence-corrected chi connectivity index (χ4v) is 5.20. The van der Waals surface area contributed by atoms with Crippen LogP contribution in [-0.4, -0.2) is 11.8 Å². The molecule has 2 amide bonds. The molecule has 1 N–H and O–H groups in total. The largest absolute Gasteiger partial charge is 0.294 e. The van der Waals surface area contributed by atoms with Crippen molar-refractivity contribution in [1.82, 2.24) is 5.32 Å². The summed E-state index contributed by atoms with van der Waals surface area (Å²) in [5, 5.41) is 2.55. The molecule has 0 saturated carbocycles. The summed E-state index contributed by atoms with van der Waals surface area (Å²) in [5.41, 5.74) is 3.24. The Morgan fingerprint density at radius 1 is 0.889 bits per heavy atom. The molecular weight excluding hydrogens is 334 g/mol. The van der Waals surface area contributed by atoms with Crippen LogP contribution in [0.4, 0.5) is 0 Å². The summed E-state index contributed by atoms with van der Waals surface area (Å²) in [7, 11) is 0. The molecule has 27 heavy (non-hydrogen) atoms. The number of unbranched alkanes of at least 4 members (excludes halogenated alkanes) is 5. The summed E-state index contributed by atoms with van der Waals surface area (Å²) in [5.74, 6) is -0.0517. The van der Waals surface area contributed by atoms with Crippen LogP contribution in [0.25, 0.3) is 0 Å². The van der Waals surface area contributed by atoms with E-state index in [0.717, 1.165) is 51.4 Å². The maximum absolute atomic E-state index is 12.7. The van der Waals surface area contributed by atoms with Gasteiger partial charge in [-0.25, -0.2) is 0 Å². The average Bonchev–Trinajstić information content (AvgIpc) is 3.05. The number of nitrogens with one attached hydrogen (secondary N) is 1. The minimum atomic E-state index is -0.817. The summed E-state index contributed by atoms with van der Waals surface area (Å²) in [6, 6.07) is 0. The number of carbonyl (C=O) groups excluding carboxylic acids is 2. The Bertz CT molecular complexity index is 600. The summed E-state index contributed by atoms with van der Waals surface area (Å²) < 4.78 is 0. The highest BCUT2D eigenvalue weighted by atomic mass is 16.2. The molecule has 3 aliphatic rings. The lowest BCUT2D eigenvalue weighted by molar-refractivity contribution is -0.155. The molecule has 3 rings (SSSR count). The maximum atomic E-state index is 12.7. The van der Waals surface area contributed by atoms with E-state index >= 15 is 0 Å². The van der Waals surface area contributed by atoms with E-state index in [4.69, 9.17) is 0 Å². The Balaban J connectivity index is 1.84. The van der Waals surface area contributed by atoms with E-state index in [1.54, 1.807) is 0 Å². The standard InChI is InChI=1S/C24H37NO2/c1-2-3-4-5-6-11-17-21-20(19-14-9-7-8-10-15-19)16-12-13-18-24(21)22(26)25-23(24)27/h14H,2-13,15-18H2,1H3,(H,25,26,27). The van der Waals surface area contributed by atoms with E-state index in [1.165, 1.54) is 68.1 Å². The molecule has 1 fully saturated rings. The highest BCUT2D eigenvalue weighted by molar-refractivity contribution is 6.24. The second-order valence-electron chi connectivity index (χ2n) is 8.70. The first-order valence-electron chi connectivity index (χ1n) is 11.5. The molecule has 0 aromatic rings. The monoisotopic (exact) mass is 371 g/mol. The highest BCUT2D eigenvalue weighted by Gasteiger charge is 2.57. The Kier molecular flexibility index (Phi) is 7.32. The predicted octanol–water partition coefficient (Wildman–Crippen LogP) is 6.14. The Hall–Kier alpha value is -1.38. The summed E-state index contributed by atoms with van der Waals surface area (Å²) in [4.78, 5) is 25.3. The zero-order valence-corrected chi connectivity index (χ0v) is 17.2. The van der Waals surface area contributed by atoms with Crippen LogP contribution in [0.1, 0.15) is 110 Å². The van der Waals surface area contributed by atoms with Crippen LogP contribution in [0.15, 0.2) is 22.8 Å². The van der Waals surface area contributed by atoms with Gasteiger partial charge in [0.2, 0.25) is 11.8 Å². The van der Waals surface area contributed by atoms with Gasteiger partial charge in [-0.1, -0.05) is 57.9 Å². The van der Waals surface area contributed by atoms with Crippen molar-refractivity contribution in [3.63, 3.8) is 0 Å². The molecule has 1 aliphatic heterocycles. The van der Waals surface area contributed by atoms with Crippen molar-refractivity contribution in [3.05, 3.63) is 22.8 Å². The van der Waals surface area contributed by atoms with Crippen molar-refractivity contribution < 1.29 is 9.59 Å². The Labute approximate surface area is 165 Å². The van der Waals surface area contributed by atoms with Gasteiger partial charge in [-0.2, -0.15) is 0 Å². The molecule has 2 aliphatic carbocycles. The molecule has 3 nitrogen and oxygen atoms in total. The first kappa shape index (κ1) is 20.4. The van der Waals surface area contributed by atoms with Crippen molar-refractivity contribution in [2.75, 3.05) is 0 Å². The van der Waals surface area contributed by atoms with Crippen molar-refractivity contribution in [3.8, 4) is 0 Å². The van der Waals surface area contributed by atoms with Crippen LogP contribution >= 0.6 is 0 Å². The number of imide groups is 1. The molecule has 0 bridgehead atoms. The fourth-order valence-electron chi connectivity index (χ4n) is 5.20. The summed E-state index contributed by atoms with van der Waals surface area (Å²) in [6.45, 7) is 2.24. The van der Waals surface area contributed by atoms with Gasteiger partial charge in [-0.3, -0.25) is 14.9 Å². The number of allylic oxidation sites excluding steroid dienone is 3. The van der Waals surface area contributed by atoms with Gasteiger partial charge in [-0.05, 0) is 74.5 Å². The lowest BCUT2D eigenvalue weighted by Crippen LogP contribution is -2.65. The van der Waals surface area contributed by atoms with E-state index in [9.17, 15) is 9.59 Å². The predicted molar refractivity (Wildman–Crippen MR) is 110 cm³/mol. The van der Waals surface area contributed by atoms with Crippen LogP contribution in [-0.2, 0) is 9.59 Å². The molecular formula is C24H37NO2. The third-order valence-electron chi connectivity index (χ3n) is 6.82. The second kappa shape index (κ2) is 9.71. The van der Waals surface area contributed by atoms with Gasteiger partial charge in [-0.15, -0.1) is 0 Å². The molecule has 1 spiro atoms. The van der Waals surface area contributed by atoms with Crippen molar-refractivity contribution >= 4 is 11.8 Å². The number of hydrogen-bond acceptors (Lipinski definition) is 2. The van der Waals surface area contributed by atoms with Crippen LogP contribution in [0, 0.1) is 5.41 Å². The number of carbonyl (C=O) groups is 2. The lowest BCUT2D eigenvalue weighted by Gasteiger charge is -2.41. The topological polar surface area (TPSA) is 46.2 Å². The van der Waals surface area contributed by atoms with Crippen molar-refractivity contribution in [2.24, 2.45) is 5.41 Å². The minimum absolute atomic E-state index is 0.0258. The third-order valence-corrected chi connectivity index (χ3v) is 6.82.